The summed E-state index contributed by atoms with van der Waals surface area (Å²) >= 11 is 5.36. The fourth-order valence-corrected chi connectivity index (χ4v) is 4.16. The van der Waals surface area contributed by atoms with Gasteiger partial charge in [0.05, 0.1) is 0 Å². The molecule has 2 aromatic rings. The van der Waals surface area contributed by atoms with Crippen molar-refractivity contribution >= 4 is 34.9 Å². The Hall–Kier alpha value is -2.41. The Balaban J connectivity index is 1.62. The molecule has 28 heavy (non-hydrogen) atoms. The van der Waals surface area contributed by atoms with Crippen molar-refractivity contribution in [1.29, 1.82) is 0 Å². The highest BCUT2D eigenvalue weighted by molar-refractivity contribution is 7.80. The number of fused-ring (bicyclic) bond motifs is 1. The van der Waals surface area contributed by atoms with Crippen LogP contribution in [0.2, 0.25) is 0 Å². The van der Waals surface area contributed by atoms with Gasteiger partial charge in [-0.15, -0.1) is 0 Å². The quantitative estimate of drug-likeness (QED) is 0.769. The van der Waals surface area contributed by atoms with Crippen LogP contribution >= 0.6 is 12.2 Å². The second-order valence-electron chi connectivity index (χ2n) is 7.38. The van der Waals surface area contributed by atoms with Gasteiger partial charge >= 0.3 is 0 Å². The molecule has 0 amide bonds. The van der Waals surface area contributed by atoms with Crippen molar-refractivity contribution in [1.82, 2.24) is 15.3 Å². The number of thiocarbonyl (C=S) groups is 1. The lowest BCUT2D eigenvalue weighted by molar-refractivity contribution is 0.573. The van der Waals surface area contributed by atoms with E-state index in [0.717, 1.165) is 50.8 Å². The molecule has 4 rings (SSSR count). The summed E-state index contributed by atoms with van der Waals surface area (Å²) in [5, 5.41) is 6.85. The largest absolute Gasteiger partial charge is 0.363 e. The van der Waals surface area contributed by atoms with Crippen LogP contribution in [-0.2, 0) is 13.0 Å². The molecular weight excluding hydrogens is 368 g/mol. The summed E-state index contributed by atoms with van der Waals surface area (Å²) in [6.07, 6.45) is 4.77. The van der Waals surface area contributed by atoms with Crippen molar-refractivity contribution in [2.24, 2.45) is 0 Å². The van der Waals surface area contributed by atoms with Crippen molar-refractivity contribution < 1.29 is 0 Å². The first-order chi connectivity index (χ1) is 13.7. The lowest BCUT2D eigenvalue weighted by Gasteiger charge is -2.32. The van der Waals surface area contributed by atoms with Crippen LogP contribution in [0.1, 0.15) is 37.3 Å². The van der Waals surface area contributed by atoms with Crippen LogP contribution in [0, 0.1) is 0 Å². The molecule has 1 saturated heterocycles. The van der Waals surface area contributed by atoms with E-state index >= 15 is 0 Å². The monoisotopic (exact) mass is 396 g/mol. The Morgan fingerprint density at radius 2 is 1.71 bits per heavy atom. The van der Waals surface area contributed by atoms with Gasteiger partial charge in [-0.2, -0.15) is 9.97 Å². The molecule has 2 aliphatic heterocycles. The zero-order valence-corrected chi connectivity index (χ0v) is 17.3. The summed E-state index contributed by atoms with van der Waals surface area (Å²) in [5.74, 6) is 2.53. The number of benzene rings is 1. The number of hydrogen-bond donors (Lipinski definition) is 2. The van der Waals surface area contributed by atoms with Crippen molar-refractivity contribution in [2.75, 3.05) is 41.3 Å². The first-order valence-electron chi connectivity index (χ1n) is 10.2. The first kappa shape index (κ1) is 18.9. The highest BCUT2D eigenvalue weighted by Crippen LogP contribution is 2.28. The van der Waals surface area contributed by atoms with Gasteiger partial charge in [0.25, 0.3) is 0 Å². The van der Waals surface area contributed by atoms with Crippen LogP contribution in [-0.4, -0.2) is 41.3 Å². The topological polar surface area (TPSA) is 56.3 Å². The van der Waals surface area contributed by atoms with E-state index in [0.29, 0.717) is 11.1 Å². The van der Waals surface area contributed by atoms with Crippen LogP contribution in [0.5, 0.6) is 0 Å². The smallest absolute Gasteiger partial charge is 0.232 e. The number of anilines is 3. The summed E-state index contributed by atoms with van der Waals surface area (Å²) < 4.78 is 0. The molecule has 2 N–H and O–H groups in total. The van der Waals surface area contributed by atoms with Gasteiger partial charge in [-0.05, 0) is 56.0 Å². The van der Waals surface area contributed by atoms with Crippen LogP contribution in [0.15, 0.2) is 30.3 Å². The van der Waals surface area contributed by atoms with Gasteiger partial charge in [0.2, 0.25) is 5.95 Å². The first-order valence-corrected chi connectivity index (χ1v) is 10.6. The summed E-state index contributed by atoms with van der Waals surface area (Å²) in [7, 11) is 0. The molecular formula is C21H28N6S. The molecule has 3 heterocycles. The van der Waals surface area contributed by atoms with E-state index in [2.05, 4.69) is 50.8 Å². The minimum Gasteiger partial charge on any atom is -0.363 e. The molecule has 0 unspecified atom stereocenters. The van der Waals surface area contributed by atoms with Gasteiger partial charge in [0.15, 0.2) is 5.11 Å². The zero-order valence-electron chi connectivity index (χ0n) is 16.4. The molecule has 0 saturated carbocycles. The van der Waals surface area contributed by atoms with Gasteiger partial charge in [0.1, 0.15) is 11.6 Å². The number of aromatic nitrogens is 2. The highest BCUT2D eigenvalue weighted by Gasteiger charge is 2.21. The average Bonchev–Trinajstić information content (AvgIpc) is 2.74. The van der Waals surface area contributed by atoms with Gasteiger partial charge in [-0.3, -0.25) is 0 Å². The predicted octanol–water partition coefficient (Wildman–Crippen LogP) is 3.34. The van der Waals surface area contributed by atoms with E-state index < -0.39 is 0 Å². The van der Waals surface area contributed by atoms with E-state index in [1.54, 1.807) is 0 Å². The molecule has 6 nitrogen and oxygen atoms in total. The van der Waals surface area contributed by atoms with Crippen molar-refractivity contribution in [2.45, 2.75) is 39.2 Å². The summed E-state index contributed by atoms with van der Waals surface area (Å²) in [5.41, 5.74) is 2.82. The minimum absolute atomic E-state index is 0.563. The van der Waals surface area contributed by atoms with E-state index in [4.69, 9.17) is 22.2 Å². The molecule has 7 heteroatoms. The fourth-order valence-electron chi connectivity index (χ4n) is 3.92. The van der Waals surface area contributed by atoms with Crippen molar-refractivity contribution in [3.8, 4) is 0 Å². The van der Waals surface area contributed by atoms with Gasteiger partial charge in [0, 0.05) is 38.8 Å². The Morgan fingerprint density at radius 1 is 1.00 bits per heavy atom. The molecule has 0 bridgehead atoms. The standard InChI is InChI=1S/C21H28N6S/c1-2-22-21(28)25-20-23-18(26-11-6-3-7-12-26)14-19(24-20)27-13-10-16-8-4-5-9-17(16)15-27/h4-5,8-9,14H,2-3,6-7,10-13,15H2,1H3,(H2,22,23,24,25,28). The Bertz CT molecular complexity index is 833. The number of hydrogen-bond acceptors (Lipinski definition) is 5. The van der Waals surface area contributed by atoms with Crippen molar-refractivity contribution in [3.63, 3.8) is 0 Å². The van der Waals surface area contributed by atoms with Crippen LogP contribution in [0.25, 0.3) is 0 Å². The van der Waals surface area contributed by atoms with Crippen molar-refractivity contribution in [3.05, 3.63) is 41.5 Å². The maximum atomic E-state index is 5.36. The maximum absolute atomic E-state index is 5.36. The van der Waals surface area contributed by atoms with E-state index in [9.17, 15) is 0 Å². The second kappa shape index (κ2) is 8.73. The third-order valence-corrected chi connectivity index (χ3v) is 5.64. The molecule has 1 fully saturated rings. The van der Waals surface area contributed by atoms with Gasteiger partial charge < -0.3 is 20.4 Å². The highest BCUT2D eigenvalue weighted by atomic mass is 32.1. The third-order valence-electron chi connectivity index (χ3n) is 5.40. The SMILES string of the molecule is CCNC(=S)Nc1nc(N2CCCCC2)cc(N2CCc3ccccc3C2)n1. The summed E-state index contributed by atoms with van der Waals surface area (Å²) in [4.78, 5) is 14.3. The van der Waals surface area contributed by atoms with E-state index in [1.807, 2.05) is 6.92 Å². The van der Waals surface area contributed by atoms with Gasteiger partial charge in [-0.1, -0.05) is 24.3 Å². The molecule has 148 valence electrons. The maximum Gasteiger partial charge on any atom is 0.232 e. The Kier molecular flexibility index (Phi) is 5.90. The normalized spacial score (nSPS) is 16.5. The molecule has 0 radical (unpaired) electrons. The summed E-state index contributed by atoms with van der Waals surface area (Å²) in [6, 6.07) is 10.8. The molecule has 1 aromatic carbocycles. The molecule has 0 atom stereocenters. The second-order valence-corrected chi connectivity index (χ2v) is 7.79. The third kappa shape index (κ3) is 4.35. The Morgan fingerprint density at radius 3 is 2.46 bits per heavy atom. The zero-order chi connectivity index (χ0) is 19.3. The number of piperidine rings is 1. The van der Waals surface area contributed by atoms with Gasteiger partial charge in [-0.25, -0.2) is 0 Å². The molecule has 0 aliphatic carbocycles. The lowest BCUT2D eigenvalue weighted by Crippen LogP contribution is -2.34. The molecule has 0 spiro atoms. The average molecular weight is 397 g/mol. The van der Waals surface area contributed by atoms with Crippen LogP contribution in [0.3, 0.4) is 0 Å². The number of nitrogens with zero attached hydrogens (tertiary/aromatic N) is 4. The molecule has 1 aromatic heterocycles. The van der Waals surface area contributed by atoms with E-state index in [1.165, 1.54) is 30.4 Å². The minimum atomic E-state index is 0.563. The molecule has 2 aliphatic rings. The van der Waals surface area contributed by atoms with Crippen LogP contribution in [0.4, 0.5) is 17.6 Å². The number of nitrogens with one attached hydrogen (secondary N) is 2. The Labute approximate surface area is 172 Å². The van der Waals surface area contributed by atoms with Crippen LogP contribution < -0.4 is 20.4 Å². The number of rotatable bonds is 4. The summed E-state index contributed by atoms with van der Waals surface area (Å²) in [6.45, 7) is 6.74. The predicted molar refractivity (Wildman–Crippen MR) is 119 cm³/mol. The van der Waals surface area contributed by atoms with E-state index in [-0.39, 0.29) is 0 Å². The lowest BCUT2D eigenvalue weighted by atomic mass is 10.00. The fraction of sp³-hybridized carbons (Fsp3) is 0.476.